The van der Waals surface area contributed by atoms with Crippen molar-refractivity contribution in [1.82, 2.24) is 20.4 Å². The van der Waals surface area contributed by atoms with E-state index in [0.29, 0.717) is 23.6 Å². The van der Waals surface area contributed by atoms with Gasteiger partial charge in [0.1, 0.15) is 6.42 Å². The highest BCUT2D eigenvalue weighted by Gasteiger charge is 2.20. The highest BCUT2D eigenvalue weighted by Crippen LogP contribution is 2.20. The molecule has 146 valence electrons. The molecule has 1 aliphatic rings. The summed E-state index contributed by atoms with van der Waals surface area (Å²) in [6, 6.07) is 7.87. The van der Waals surface area contributed by atoms with Crippen LogP contribution in [0.5, 0.6) is 0 Å². The number of rotatable bonds is 7. The van der Waals surface area contributed by atoms with Gasteiger partial charge < -0.3 is 14.7 Å². The molecular formula is C21H30N4O2. The number of piperidine rings is 1. The van der Waals surface area contributed by atoms with Crippen LogP contribution in [0.4, 0.5) is 0 Å². The Bertz CT molecular complexity index is 748. The number of nitrogens with one attached hydrogen (secondary N) is 1. The van der Waals surface area contributed by atoms with Crippen LogP contribution in [0, 0.1) is 18.8 Å². The van der Waals surface area contributed by atoms with E-state index >= 15 is 0 Å². The Hall–Kier alpha value is -2.21. The number of likely N-dealkylation sites (tertiary alicyclic amines) is 1. The molecule has 1 fully saturated rings. The number of amides is 1. The lowest BCUT2D eigenvalue weighted by Gasteiger charge is -2.33. The zero-order valence-corrected chi connectivity index (χ0v) is 16.6. The number of aromatic nitrogens is 2. The number of aryl methyl sites for hydroxylation is 1. The minimum absolute atomic E-state index is 0.0559. The standard InChI is InChI=1S/C21H30N4O2/c1-15(2)14-25-10-8-17(9-11-25)13-22-19(26)12-20-23-21(24-27-20)18-7-5-4-6-16(18)3/h4-7,15,17H,8-14H2,1-3H3,(H,22,26). The molecule has 0 unspecified atom stereocenters. The maximum atomic E-state index is 12.2. The van der Waals surface area contributed by atoms with E-state index in [-0.39, 0.29) is 12.3 Å². The van der Waals surface area contributed by atoms with Crippen LogP contribution in [0.1, 0.15) is 38.1 Å². The maximum absolute atomic E-state index is 12.2. The second kappa shape index (κ2) is 9.13. The van der Waals surface area contributed by atoms with Gasteiger partial charge in [-0.2, -0.15) is 4.98 Å². The largest absolute Gasteiger partial charge is 0.355 e. The van der Waals surface area contributed by atoms with E-state index < -0.39 is 0 Å². The van der Waals surface area contributed by atoms with E-state index in [9.17, 15) is 4.79 Å². The summed E-state index contributed by atoms with van der Waals surface area (Å²) in [5.74, 6) is 2.10. The Balaban J connectivity index is 1.43. The molecule has 0 aliphatic carbocycles. The number of hydrogen-bond acceptors (Lipinski definition) is 5. The summed E-state index contributed by atoms with van der Waals surface area (Å²) in [5, 5.41) is 7.04. The van der Waals surface area contributed by atoms with Crippen molar-refractivity contribution >= 4 is 5.91 Å². The molecule has 0 spiro atoms. The predicted molar refractivity (Wildman–Crippen MR) is 105 cm³/mol. The Labute approximate surface area is 161 Å². The van der Waals surface area contributed by atoms with Gasteiger partial charge in [0.2, 0.25) is 17.6 Å². The first-order valence-corrected chi connectivity index (χ1v) is 9.89. The fourth-order valence-corrected chi connectivity index (χ4v) is 3.61. The SMILES string of the molecule is Cc1ccccc1-c1noc(CC(=O)NCC2CCN(CC(C)C)CC2)n1. The zero-order chi connectivity index (χ0) is 19.2. The van der Waals surface area contributed by atoms with Crippen molar-refractivity contribution in [2.45, 2.75) is 40.0 Å². The first kappa shape index (κ1) is 19.5. The summed E-state index contributed by atoms with van der Waals surface area (Å²) in [6.07, 6.45) is 2.42. The topological polar surface area (TPSA) is 71.3 Å². The van der Waals surface area contributed by atoms with Crippen LogP contribution in [0.25, 0.3) is 11.4 Å². The highest BCUT2D eigenvalue weighted by molar-refractivity contribution is 5.77. The van der Waals surface area contributed by atoms with Crippen LogP contribution in [0.2, 0.25) is 0 Å². The smallest absolute Gasteiger partial charge is 0.236 e. The van der Waals surface area contributed by atoms with E-state index in [1.54, 1.807) is 0 Å². The molecule has 6 nitrogen and oxygen atoms in total. The van der Waals surface area contributed by atoms with Gasteiger partial charge in [-0.3, -0.25) is 4.79 Å². The summed E-state index contributed by atoms with van der Waals surface area (Å²) >= 11 is 0. The second-order valence-corrected chi connectivity index (χ2v) is 7.95. The fraction of sp³-hybridized carbons (Fsp3) is 0.571. The molecule has 27 heavy (non-hydrogen) atoms. The van der Waals surface area contributed by atoms with Gasteiger partial charge in [0, 0.05) is 18.7 Å². The molecule has 1 N–H and O–H groups in total. The van der Waals surface area contributed by atoms with Gasteiger partial charge in [-0.1, -0.05) is 43.3 Å². The number of benzene rings is 1. The molecule has 0 atom stereocenters. The van der Waals surface area contributed by atoms with Gasteiger partial charge in [0.05, 0.1) is 0 Å². The zero-order valence-electron chi connectivity index (χ0n) is 16.6. The van der Waals surface area contributed by atoms with Crippen LogP contribution in [-0.4, -0.2) is 47.1 Å². The van der Waals surface area contributed by atoms with Gasteiger partial charge in [-0.05, 0) is 50.3 Å². The number of carbonyl (C=O) groups is 1. The van der Waals surface area contributed by atoms with E-state index in [2.05, 4.69) is 34.2 Å². The maximum Gasteiger partial charge on any atom is 0.236 e. The third-order valence-electron chi connectivity index (χ3n) is 5.08. The number of carbonyl (C=O) groups excluding carboxylic acids is 1. The fourth-order valence-electron chi connectivity index (χ4n) is 3.61. The molecule has 3 rings (SSSR count). The molecule has 1 saturated heterocycles. The van der Waals surface area contributed by atoms with Gasteiger partial charge in [-0.25, -0.2) is 0 Å². The highest BCUT2D eigenvalue weighted by atomic mass is 16.5. The Morgan fingerprint density at radius 3 is 2.74 bits per heavy atom. The lowest BCUT2D eigenvalue weighted by atomic mass is 9.96. The monoisotopic (exact) mass is 370 g/mol. The molecule has 2 aromatic rings. The van der Waals surface area contributed by atoms with E-state index in [0.717, 1.165) is 43.6 Å². The molecule has 1 aliphatic heterocycles. The molecular weight excluding hydrogens is 340 g/mol. The van der Waals surface area contributed by atoms with Crippen LogP contribution in [0.15, 0.2) is 28.8 Å². The molecule has 1 aromatic heterocycles. The van der Waals surface area contributed by atoms with E-state index in [1.807, 2.05) is 31.2 Å². The van der Waals surface area contributed by atoms with Crippen LogP contribution >= 0.6 is 0 Å². The Morgan fingerprint density at radius 1 is 1.30 bits per heavy atom. The lowest BCUT2D eigenvalue weighted by molar-refractivity contribution is -0.121. The van der Waals surface area contributed by atoms with Crippen molar-refractivity contribution in [3.05, 3.63) is 35.7 Å². The molecule has 0 bridgehead atoms. The Morgan fingerprint density at radius 2 is 2.04 bits per heavy atom. The predicted octanol–water partition coefficient (Wildman–Crippen LogP) is 3.07. The molecule has 6 heteroatoms. The van der Waals surface area contributed by atoms with Gasteiger partial charge in [0.25, 0.3) is 0 Å². The minimum atomic E-state index is -0.0559. The van der Waals surface area contributed by atoms with E-state index in [4.69, 9.17) is 4.52 Å². The average Bonchev–Trinajstić information content (AvgIpc) is 3.09. The molecule has 1 amide bonds. The lowest BCUT2D eigenvalue weighted by Crippen LogP contribution is -2.40. The van der Waals surface area contributed by atoms with Crippen molar-refractivity contribution < 1.29 is 9.32 Å². The summed E-state index contributed by atoms with van der Waals surface area (Å²) in [6.45, 7) is 10.7. The van der Waals surface area contributed by atoms with Crippen molar-refractivity contribution in [3.63, 3.8) is 0 Å². The van der Waals surface area contributed by atoms with Gasteiger partial charge >= 0.3 is 0 Å². The molecule has 2 heterocycles. The van der Waals surface area contributed by atoms with Crippen molar-refractivity contribution in [2.24, 2.45) is 11.8 Å². The Kier molecular flexibility index (Phi) is 6.61. The summed E-state index contributed by atoms with van der Waals surface area (Å²) in [5.41, 5.74) is 2.01. The normalized spacial score (nSPS) is 16.0. The van der Waals surface area contributed by atoms with Crippen molar-refractivity contribution in [3.8, 4) is 11.4 Å². The quantitative estimate of drug-likeness (QED) is 0.811. The molecule has 0 saturated carbocycles. The summed E-state index contributed by atoms with van der Waals surface area (Å²) < 4.78 is 5.26. The van der Waals surface area contributed by atoms with Gasteiger partial charge in [0.15, 0.2) is 0 Å². The first-order valence-electron chi connectivity index (χ1n) is 9.89. The first-order chi connectivity index (χ1) is 13.0. The average molecular weight is 370 g/mol. The minimum Gasteiger partial charge on any atom is -0.355 e. The van der Waals surface area contributed by atoms with Crippen LogP contribution in [-0.2, 0) is 11.2 Å². The summed E-state index contributed by atoms with van der Waals surface area (Å²) in [7, 11) is 0. The van der Waals surface area contributed by atoms with E-state index in [1.165, 1.54) is 6.54 Å². The number of hydrogen-bond donors (Lipinski definition) is 1. The van der Waals surface area contributed by atoms with Crippen LogP contribution < -0.4 is 5.32 Å². The van der Waals surface area contributed by atoms with Gasteiger partial charge in [-0.15, -0.1) is 0 Å². The van der Waals surface area contributed by atoms with Crippen molar-refractivity contribution in [2.75, 3.05) is 26.2 Å². The summed E-state index contributed by atoms with van der Waals surface area (Å²) in [4.78, 5) is 19.1. The van der Waals surface area contributed by atoms with Crippen molar-refractivity contribution in [1.29, 1.82) is 0 Å². The second-order valence-electron chi connectivity index (χ2n) is 7.95. The third kappa shape index (κ3) is 5.63. The molecule has 0 radical (unpaired) electrons. The molecule has 1 aromatic carbocycles. The number of nitrogens with zero attached hydrogens (tertiary/aromatic N) is 3. The third-order valence-corrected chi connectivity index (χ3v) is 5.08. The van der Waals surface area contributed by atoms with Crippen LogP contribution in [0.3, 0.4) is 0 Å².